The Balaban J connectivity index is 2.37. The molecule has 4 heteroatoms. The largest absolute Gasteiger partial charge is 0.497 e. The van der Waals surface area contributed by atoms with Crippen LogP contribution in [-0.4, -0.2) is 12.2 Å². The number of aliphatic hydroxyl groups excluding tert-OH is 1. The molecule has 2 aromatic carbocycles. The maximum Gasteiger partial charge on any atom is 0.124 e. The molecule has 18 heavy (non-hydrogen) atoms. The van der Waals surface area contributed by atoms with Crippen LogP contribution in [0.3, 0.4) is 0 Å². The number of halogens is 2. The van der Waals surface area contributed by atoms with Gasteiger partial charge < -0.3 is 9.84 Å². The average Bonchev–Trinajstić information content (AvgIpc) is 2.38. The lowest BCUT2D eigenvalue weighted by atomic mass is 10.0. The van der Waals surface area contributed by atoms with E-state index < -0.39 is 6.10 Å². The van der Waals surface area contributed by atoms with Crippen molar-refractivity contribution in [3.05, 3.63) is 63.9 Å². The van der Waals surface area contributed by atoms with Gasteiger partial charge in [0, 0.05) is 4.47 Å². The van der Waals surface area contributed by atoms with E-state index in [0.29, 0.717) is 21.3 Å². The average molecular weight is 311 g/mol. The highest BCUT2D eigenvalue weighted by Gasteiger charge is 2.14. The minimum atomic E-state index is -0.824. The molecule has 0 saturated heterocycles. The highest BCUT2D eigenvalue weighted by atomic mass is 79.9. The molecule has 0 aromatic heterocycles. The van der Waals surface area contributed by atoms with Crippen LogP contribution in [-0.2, 0) is 0 Å². The van der Waals surface area contributed by atoms with E-state index in [1.165, 1.54) is 12.1 Å². The van der Waals surface area contributed by atoms with Crippen LogP contribution >= 0.6 is 15.9 Å². The van der Waals surface area contributed by atoms with Gasteiger partial charge in [0.25, 0.3) is 0 Å². The van der Waals surface area contributed by atoms with Gasteiger partial charge in [0.05, 0.1) is 7.11 Å². The van der Waals surface area contributed by atoms with Gasteiger partial charge >= 0.3 is 0 Å². The van der Waals surface area contributed by atoms with Crippen molar-refractivity contribution in [1.29, 1.82) is 0 Å². The van der Waals surface area contributed by atoms with E-state index in [0.717, 1.165) is 0 Å². The minimum Gasteiger partial charge on any atom is -0.497 e. The van der Waals surface area contributed by atoms with Gasteiger partial charge in [-0.25, -0.2) is 4.39 Å². The Morgan fingerprint density at radius 1 is 1.22 bits per heavy atom. The summed E-state index contributed by atoms with van der Waals surface area (Å²) in [7, 11) is 1.57. The standard InChI is InChI=1S/C14H12BrFO2/c1-18-11-4-2-3-9(7-11)14(17)12-6-5-10(16)8-13(12)15/h2-8,14,17H,1H3. The van der Waals surface area contributed by atoms with Crippen LogP contribution in [0.5, 0.6) is 5.75 Å². The molecule has 0 spiro atoms. The van der Waals surface area contributed by atoms with Crippen LogP contribution in [0, 0.1) is 5.82 Å². The molecular weight excluding hydrogens is 299 g/mol. The van der Waals surface area contributed by atoms with Crippen LogP contribution in [0.2, 0.25) is 0 Å². The van der Waals surface area contributed by atoms with E-state index in [1.807, 2.05) is 0 Å². The number of methoxy groups -OCH3 is 1. The molecule has 0 bridgehead atoms. The molecule has 1 N–H and O–H groups in total. The topological polar surface area (TPSA) is 29.5 Å². The Morgan fingerprint density at radius 2 is 2.00 bits per heavy atom. The molecule has 2 aromatic rings. The zero-order valence-electron chi connectivity index (χ0n) is 9.73. The van der Waals surface area contributed by atoms with Crippen molar-refractivity contribution >= 4 is 15.9 Å². The van der Waals surface area contributed by atoms with Crippen molar-refractivity contribution in [1.82, 2.24) is 0 Å². The highest BCUT2D eigenvalue weighted by Crippen LogP contribution is 2.30. The third-order valence-electron chi connectivity index (χ3n) is 2.67. The van der Waals surface area contributed by atoms with Crippen LogP contribution in [0.4, 0.5) is 4.39 Å². The second-order valence-electron chi connectivity index (χ2n) is 3.84. The zero-order chi connectivity index (χ0) is 13.1. The summed E-state index contributed by atoms with van der Waals surface area (Å²) in [6.45, 7) is 0. The summed E-state index contributed by atoms with van der Waals surface area (Å²) in [5.74, 6) is 0.327. The number of aliphatic hydroxyl groups is 1. The molecular formula is C14H12BrFO2. The van der Waals surface area contributed by atoms with E-state index in [4.69, 9.17) is 4.74 Å². The first-order valence-electron chi connectivity index (χ1n) is 5.39. The van der Waals surface area contributed by atoms with Gasteiger partial charge in [-0.2, -0.15) is 0 Å². The lowest BCUT2D eigenvalue weighted by molar-refractivity contribution is 0.219. The predicted octanol–water partition coefficient (Wildman–Crippen LogP) is 3.68. The van der Waals surface area contributed by atoms with Crippen LogP contribution in [0.1, 0.15) is 17.2 Å². The van der Waals surface area contributed by atoms with E-state index in [2.05, 4.69) is 15.9 Å². The molecule has 0 aliphatic heterocycles. The molecule has 0 saturated carbocycles. The molecule has 0 heterocycles. The monoisotopic (exact) mass is 310 g/mol. The molecule has 94 valence electrons. The Bertz CT molecular complexity index is 557. The summed E-state index contributed by atoms with van der Waals surface area (Å²) in [6, 6.07) is 11.4. The van der Waals surface area contributed by atoms with Gasteiger partial charge in [0.2, 0.25) is 0 Å². The lowest BCUT2D eigenvalue weighted by Gasteiger charge is -2.14. The van der Waals surface area contributed by atoms with Crippen molar-refractivity contribution in [2.75, 3.05) is 7.11 Å². The van der Waals surface area contributed by atoms with Crippen molar-refractivity contribution in [2.24, 2.45) is 0 Å². The Labute approximate surface area is 113 Å². The lowest BCUT2D eigenvalue weighted by Crippen LogP contribution is -2.01. The van der Waals surface area contributed by atoms with Gasteiger partial charge in [-0.05, 0) is 35.4 Å². The Hall–Kier alpha value is -1.39. The summed E-state index contributed by atoms with van der Waals surface area (Å²) in [6.07, 6.45) is -0.824. The fourth-order valence-corrected chi connectivity index (χ4v) is 2.28. The fourth-order valence-electron chi connectivity index (χ4n) is 1.71. The van der Waals surface area contributed by atoms with E-state index in [1.54, 1.807) is 37.4 Å². The molecule has 1 atom stereocenters. The summed E-state index contributed by atoms with van der Waals surface area (Å²) in [5, 5.41) is 10.3. The van der Waals surface area contributed by atoms with Crippen LogP contribution < -0.4 is 4.74 Å². The first-order chi connectivity index (χ1) is 8.61. The predicted molar refractivity (Wildman–Crippen MR) is 71.2 cm³/mol. The van der Waals surface area contributed by atoms with Crippen molar-refractivity contribution in [2.45, 2.75) is 6.10 Å². The van der Waals surface area contributed by atoms with Gasteiger partial charge in [0.1, 0.15) is 17.7 Å². The first-order valence-corrected chi connectivity index (χ1v) is 6.18. The van der Waals surface area contributed by atoms with E-state index in [-0.39, 0.29) is 5.82 Å². The third kappa shape index (κ3) is 2.71. The maximum absolute atomic E-state index is 13.0. The smallest absolute Gasteiger partial charge is 0.124 e. The summed E-state index contributed by atoms with van der Waals surface area (Å²) < 4.78 is 18.6. The van der Waals surface area contributed by atoms with Gasteiger partial charge in [-0.15, -0.1) is 0 Å². The Morgan fingerprint density at radius 3 is 2.67 bits per heavy atom. The van der Waals surface area contributed by atoms with Crippen LogP contribution in [0.25, 0.3) is 0 Å². The molecule has 0 radical (unpaired) electrons. The van der Waals surface area contributed by atoms with E-state index >= 15 is 0 Å². The van der Waals surface area contributed by atoms with Crippen molar-refractivity contribution in [3.63, 3.8) is 0 Å². The normalized spacial score (nSPS) is 12.2. The van der Waals surface area contributed by atoms with Gasteiger partial charge in [-0.3, -0.25) is 0 Å². The summed E-state index contributed by atoms with van der Waals surface area (Å²) in [5.41, 5.74) is 1.31. The maximum atomic E-state index is 13.0. The molecule has 2 nitrogen and oxygen atoms in total. The highest BCUT2D eigenvalue weighted by molar-refractivity contribution is 9.10. The van der Waals surface area contributed by atoms with E-state index in [9.17, 15) is 9.50 Å². The number of rotatable bonds is 3. The quantitative estimate of drug-likeness (QED) is 0.937. The van der Waals surface area contributed by atoms with Gasteiger partial charge in [0.15, 0.2) is 0 Å². The minimum absolute atomic E-state index is 0.344. The van der Waals surface area contributed by atoms with Crippen molar-refractivity contribution in [3.8, 4) is 5.75 Å². The number of ether oxygens (including phenoxy) is 1. The zero-order valence-corrected chi connectivity index (χ0v) is 11.3. The molecule has 0 aliphatic carbocycles. The third-order valence-corrected chi connectivity index (χ3v) is 3.35. The van der Waals surface area contributed by atoms with Gasteiger partial charge in [-0.1, -0.05) is 34.1 Å². The molecule has 0 fully saturated rings. The second-order valence-corrected chi connectivity index (χ2v) is 4.70. The molecule has 0 aliphatic rings. The SMILES string of the molecule is COc1cccc(C(O)c2ccc(F)cc2Br)c1. The summed E-state index contributed by atoms with van der Waals surface area (Å²) >= 11 is 3.25. The Kier molecular flexibility index (Phi) is 3.99. The number of benzene rings is 2. The second kappa shape index (κ2) is 5.50. The van der Waals surface area contributed by atoms with Crippen molar-refractivity contribution < 1.29 is 14.2 Å². The molecule has 2 rings (SSSR count). The fraction of sp³-hybridized carbons (Fsp3) is 0.143. The molecule has 1 unspecified atom stereocenters. The molecule has 0 amide bonds. The number of hydrogen-bond donors (Lipinski definition) is 1. The number of hydrogen-bond acceptors (Lipinski definition) is 2. The summed E-state index contributed by atoms with van der Waals surface area (Å²) in [4.78, 5) is 0. The van der Waals surface area contributed by atoms with Crippen LogP contribution in [0.15, 0.2) is 46.9 Å². The first kappa shape index (κ1) is 13.1.